The maximum absolute atomic E-state index is 13.5. The number of benzene rings is 4. The summed E-state index contributed by atoms with van der Waals surface area (Å²) in [6.07, 6.45) is 0. The van der Waals surface area contributed by atoms with Crippen molar-refractivity contribution in [3.8, 4) is 5.75 Å². The van der Waals surface area contributed by atoms with Gasteiger partial charge < -0.3 is 10.1 Å². The molecule has 0 spiro atoms. The third kappa shape index (κ3) is 6.85. The van der Waals surface area contributed by atoms with Gasteiger partial charge in [0.1, 0.15) is 5.75 Å². The van der Waals surface area contributed by atoms with E-state index in [0.29, 0.717) is 37.6 Å². The van der Waals surface area contributed by atoms with Crippen LogP contribution >= 0.6 is 0 Å². The quantitative estimate of drug-likeness (QED) is 0.291. The maximum atomic E-state index is 13.5. The highest BCUT2D eigenvalue weighted by molar-refractivity contribution is 7.89. The fourth-order valence-corrected chi connectivity index (χ4v) is 6.57. The Morgan fingerprint density at radius 1 is 0.805 bits per heavy atom. The second-order valence-corrected chi connectivity index (χ2v) is 12.2. The Kier molecular flexibility index (Phi) is 8.83. The van der Waals surface area contributed by atoms with Gasteiger partial charge in [-0.15, -0.1) is 0 Å². The molecule has 0 aliphatic carbocycles. The molecule has 41 heavy (non-hydrogen) atoms. The van der Waals surface area contributed by atoms with Gasteiger partial charge in [0.05, 0.1) is 10.9 Å². The summed E-state index contributed by atoms with van der Waals surface area (Å²) in [6.45, 7) is 5.77. The minimum atomic E-state index is -3.67. The number of ether oxygens (including phenoxy) is 1. The van der Waals surface area contributed by atoms with E-state index in [4.69, 9.17) is 4.74 Å². The number of hydrogen-bond acceptors (Lipinski definition) is 5. The fourth-order valence-electron chi connectivity index (χ4n) is 5.15. The highest BCUT2D eigenvalue weighted by atomic mass is 32.2. The van der Waals surface area contributed by atoms with Crippen molar-refractivity contribution >= 4 is 21.6 Å². The molecule has 8 heteroatoms. The molecule has 7 nitrogen and oxygen atoms in total. The number of rotatable bonds is 9. The lowest BCUT2D eigenvalue weighted by atomic mass is 9.96. The van der Waals surface area contributed by atoms with E-state index in [1.165, 1.54) is 11.1 Å². The van der Waals surface area contributed by atoms with Crippen molar-refractivity contribution < 1.29 is 17.9 Å². The number of carbonyl (C=O) groups excluding carboxylic acids is 1. The lowest BCUT2D eigenvalue weighted by molar-refractivity contribution is -0.118. The fraction of sp³-hybridized carbons (Fsp3) is 0.242. The molecule has 0 saturated carbocycles. The minimum absolute atomic E-state index is 0.0592. The first-order valence-electron chi connectivity index (χ1n) is 13.8. The first kappa shape index (κ1) is 28.5. The van der Waals surface area contributed by atoms with Crippen molar-refractivity contribution in [2.24, 2.45) is 0 Å². The zero-order chi connectivity index (χ0) is 28.8. The summed E-state index contributed by atoms with van der Waals surface area (Å²) >= 11 is 0. The molecule has 0 aromatic heterocycles. The molecule has 1 heterocycles. The summed E-state index contributed by atoms with van der Waals surface area (Å²) in [5, 5.41) is 2.77. The van der Waals surface area contributed by atoms with Crippen molar-refractivity contribution in [3.05, 3.63) is 125 Å². The zero-order valence-corrected chi connectivity index (χ0v) is 24.2. The number of amides is 1. The van der Waals surface area contributed by atoms with Crippen LogP contribution in [0.4, 0.5) is 5.69 Å². The van der Waals surface area contributed by atoms with Gasteiger partial charge in [0, 0.05) is 31.9 Å². The molecule has 1 N–H and O–H groups in total. The normalized spacial score (nSPS) is 14.6. The molecule has 1 fully saturated rings. The van der Waals surface area contributed by atoms with E-state index < -0.39 is 10.0 Å². The Morgan fingerprint density at radius 3 is 1.98 bits per heavy atom. The Hall–Kier alpha value is -3.98. The van der Waals surface area contributed by atoms with Crippen LogP contribution in [0.15, 0.2) is 108 Å². The number of piperazine rings is 1. The molecule has 0 radical (unpaired) electrons. The van der Waals surface area contributed by atoms with Crippen LogP contribution in [0, 0.1) is 13.8 Å². The van der Waals surface area contributed by atoms with Crippen LogP contribution in [0.5, 0.6) is 5.75 Å². The molecule has 0 atom stereocenters. The van der Waals surface area contributed by atoms with Crippen LogP contribution in [0.25, 0.3) is 0 Å². The highest BCUT2D eigenvalue weighted by Crippen LogP contribution is 2.30. The SMILES string of the molecule is Cc1ccc(C)c(OCC(=O)Nc2ccc(S(=O)(=O)N3CCN(C(c4ccccc4)c4ccccc4)CC3)cc2)c1. The average Bonchev–Trinajstić information content (AvgIpc) is 2.99. The van der Waals surface area contributed by atoms with Crippen molar-refractivity contribution in [3.63, 3.8) is 0 Å². The van der Waals surface area contributed by atoms with Gasteiger partial charge in [-0.2, -0.15) is 4.31 Å². The Bertz CT molecular complexity index is 1530. The zero-order valence-electron chi connectivity index (χ0n) is 23.4. The van der Waals surface area contributed by atoms with Gasteiger partial charge in [0.15, 0.2) is 6.61 Å². The number of sulfonamides is 1. The summed E-state index contributed by atoms with van der Waals surface area (Å²) in [4.78, 5) is 15.0. The van der Waals surface area contributed by atoms with E-state index in [1.54, 1.807) is 28.6 Å². The molecule has 5 rings (SSSR count). The van der Waals surface area contributed by atoms with Crippen LogP contribution in [0.3, 0.4) is 0 Å². The first-order chi connectivity index (χ1) is 19.8. The van der Waals surface area contributed by atoms with E-state index in [2.05, 4.69) is 34.5 Å². The predicted molar refractivity (Wildman–Crippen MR) is 162 cm³/mol. The number of nitrogens with one attached hydrogen (secondary N) is 1. The molecular weight excluding hydrogens is 534 g/mol. The molecule has 4 aromatic rings. The third-order valence-electron chi connectivity index (χ3n) is 7.35. The van der Waals surface area contributed by atoms with Crippen LogP contribution in [0.1, 0.15) is 28.3 Å². The minimum Gasteiger partial charge on any atom is -0.483 e. The molecule has 1 aliphatic heterocycles. The standard InChI is InChI=1S/C33H35N3O4S/c1-25-13-14-26(2)31(23-25)40-24-32(37)34-29-15-17-30(18-16-29)41(38,39)36-21-19-35(20-22-36)33(27-9-5-3-6-10-27)28-11-7-4-8-12-28/h3-18,23,33H,19-22,24H2,1-2H3,(H,34,37). The van der Waals surface area contributed by atoms with E-state index in [9.17, 15) is 13.2 Å². The number of carbonyl (C=O) groups is 1. The van der Waals surface area contributed by atoms with E-state index >= 15 is 0 Å². The Balaban J connectivity index is 1.20. The van der Waals surface area contributed by atoms with Crippen LogP contribution in [0.2, 0.25) is 0 Å². The molecular formula is C33H35N3O4S. The largest absolute Gasteiger partial charge is 0.483 e. The van der Waals surface area contributed by atoms with Gasteiger partial charge in [-0.05, 0) is 66.4 Å². The molecule has 0 unspecified atom stereocenters. The van der Waals surface area contributed by atoms with Gasteiger partial charge in [0.2, 0.25) is 10.0 Å². The van der Waals surface area contributed by atoms with E-state index in [0.717, 1.165) is 11.1 Å². The molecule has 212 valence electrons. The number of nitrogens with zero attached hydrogens (tertiary/aromatic N) is 2. The summed E-state index contributed by atoms with van der Waals surface area (Å²) in [5.41, 5.74) is 4.89. The molecule has 1 aliphatic rings. The predicted octanol–water partition coefficient (Wildman–Crippen LogP) is 5.42. The van der Waals surface area contributed by atoms with Gasteiger partial charge in [-0.1, -0.05) is 72.8 Å². The van der Waals surface area contributed by atoms with Crippen molar-refractivity contribution in [2.75, 3.05) is 38.1 Å². The van der Waals surface area contributed by atoms with E-state index in [-0.39, 0.29) is 23.5 Å². The second-order valence-electron chi connectivity index (χ2n) is 10.3. The van der Waals surface area contributed by atoms with Crippen molar-refractivity contribution in [2.45, 2.75) is 24.8 Å². The van der Waals surface area contributed by atoms with E-state index in [1.807, 2.05) is 68.4 Å². The monoisotopic (exact) mass is 569 g/mol. The number of aryl methyl sites for hydroxylation is 2. The summed E-state index contributed by atoms with van der Waals surface area (Å²) in [5.74, 6) is 0.351. The highest BCUT2D eigenvalue weighted by Gasteiger charge is 2.32. The summed E-state index contributed by atoms with van der Waals surface area (Å²) in [7, 11) is -3.67. The molecule has 1 saturated heterocycles. The molecule has 1 amide bonds. The lowest BCUT2D eigenvalue weighted by Crippen LogP contribution is -2.49. The van der Waals surface area contributed by atoms with Crippen LogP contribution in [-0.2, 0) is 14.8 Å². The Labute approximate surface area is 242 Å². The summed E-state index contributed by atoms with van der Waals surface area (Å²) < 4.78 is 34.1. The van der Waals surface area contributed by atoms with Gasteiger partial charge in [-0.25, -0.2) is 8.42 Å². The van der Waals surface area contributed by atoms with Gasteiger partial charge in [-0.3, -0.25) is 9.69 Å². The maximum Gasteiger partial charge on any atom is 0.262 e. The first-order valence-corrected chi connectivity index (χ1v) is 15.2. The van der Waals surface area contributed by atoms with Gasteiger partial charge >= 0.3 is 0 Å². The smallest absolute Gasteiger partial charge is 0.262 e. The second kappa shape index (κ2) is 12.7. The lowest BCUT2D eigenvalue weighted by Gasteiger charge is -2.39. The van der Waals surface area contributed by atoms with Crippen molar-refractivity contribution in [1.82, 2.24) is 9.21 Å². The summed E-state index contributed by atoms with van der Waals surface area (Å²) in [6, 6.07) is 32.9. The number of hydrogen-bond donors (Lipinski definition) is 1. The van der Waals surface area contributed by atoms with Crippen LogP contribution < -0.4 is 10.1 Å². The topological polar surface area (TPSA) is 78.9 Å². The molecule has 0 bridgehead atoms. The number of anilines is 1. The van der Waals surface area contributed by atoms with Crippen molar-refractivity contribution in [1.29, 1.82) is 0 Å². The van der Waals surface area contributed by atoms with Crippen LogP contribution in [-0.4, -0.2) is 56.3 Å². The molecule has 4 aromatic carbocycles. The third-order valence-corrected chi connectivity index (χ3v) is 9.26. The van der Waals surface area contributed by atoms with Gasteiger partial charge in [0.25, 0.3) is 5.91 Å². The average molecular weight is 570 g/mol. The Morgan fingerprint density at radius 2 is 1.39 bits per heavy atom.